The monoisotopic (exact) mass is 171 g/mol. The van der Waals surface area contributed by atoms with Gasteiger partial charge in [0.1, 0.15) is 7.11 Å². The molecule has 0 amide bonds. The lowest BCUT2D eigenvalue weighted by molar-refractivity contribution is 0.215. The van der Waals surface area contributed by atoms with Crippen molar-refractivity contribution >= 4 is 6.21 Å². The maximum atomic E-state index is 12.8. The van der Waals surface area contributed by atoms with Crippen LogP contribution in [0.5, 0.6) is 0 Å². The van der Waals surface area contributed by atoms with Crippen LogP contribution in [-0.4, -0.2) is 13.3 Å². The van der Waals surface area contributed by atoms with E-state index in [1.165, 1.54) is 19.2 Å². The fourth-order valence-corrected chi connectivity index (χ4v) is 0.730. The summed E-state index contributed by atoms with van der Waals surface area (Å²) in [5, 5.41) is 3.31. The van der Waals surface area contributed by atoms with Crippen molar-refractivity contribution in [3.05, 3.63) is 35.4 Å². The fourth-order valence-electron chi connectivity index (χ4n) is 0.730. The standard InChI is InChI=1S/C8H7F2NO/c1-12-11-5-6-3-2-4-7(9)8(6)10/h2-5H,1H3/b11-5+. The van der Waals surface area contributed by atoms with Crippen LogP contribution in [-0.2, 0) is 4.84 Å². The van der Waals surface area contributed by atoms with Crippen molar-refractivity contribution in [2.24, 2.45) is 5.16 Å². The van der Waals surface area contributed by atoms with Gasteiger partial charge in [-0.15, -0.1) is 0 Å². The Hall–Kier alpha value is -1.45. The van der Waals surface area contributed by atoms with E-state index in [1.54, 1.807) is 0 Å². The Labute approximate surface area is 68.5 Å². The summed E-state index contributed by atoms with van der Waals surface area (Å²) in [7, 11) is 1.33. The number of halogens is 2. The predicted octanol–water partition coefficient (Wildman–Crippen LogP) is 1.95. The molecule has 0 aliphatic heterocycles. The van der Waals surface area contributed by atoms with Gasteiger partial charge in [0, 0.05) is 5.56 Å². The topological polar surface area (TPSA) is 21.6 Å². The molecule has 1 aromatic rings. The van der Waals surface area contributed by atoms with Gasteiger partial charge in [-0.3, -0.25) is 0 Å². The third-order valence-electron chi connectivity index (χ3n) is 1.28. The van der Waals surface area contributed by atoms with Gasteiger partial charge in [0.2, 0.25) is 0 Å². The normalized spacial score (nSPS) is 10.6. The molecule has 0 heterocycles. The van der Waals surface area contributed by atoms with Gasteiger partial charge in [-0.05, 0) is 6.07 Å². The highest BCUT2D eigenvalue weighted by Crippen LogP contribution is 2.08. The van der Waals surface area contributed by atoms with Gasteiger partial charge in [0.05, 0.1) is 6.21 Å². The van der Waals surface area contributed by atoms with E-state index in [9.17, 15) is 8.78 Å². The zero-order valence-electron chi connectivity index (χ0n) is 6.42. The molecule has 0 aliphatic rings. The van der Waals surface area contributed by atoms with Crippen molar-refractivity contribution in [1.29, 1.82) is 0 Å². The van der Waals surface area contributed by atoms with E-state index in [1.807, 2.05) is 0 Å². The summed E-state index contributed by atoms with van der Waals surface area (Å²) in [6.45, 7) is 0. The second kappa shape index (κ2) is 3.80. The van der Waals surface area contributed by atoms with Crippen LogP contribution in [0.4, 0.5) is 8.78 Å². The first-order valence-electron chi connectivity index (χ1n) is 3.26. The SMILES string of the molecule is CO/N=C/c1cccc(F)c1F. The molecule has 0 saturated carbocycles. The molecule has 4 heteroatoms. The third-order valence-corrected chi connectivity index (χ3v) is 1.28. The molecule has 0 aromatic heterocycles. The van der Waals surface area contributed by atoms with Gasteiger partial charge in [-0.25, -0.2) is 8.78 Å². The molecule has 0 atom stereocenters. The molecule has 1 rings (SSSR count). The van der Waals surface area contributed by atoms with Crippen molar-refractivity contribution in [3.8, 4) is 0 Å². The molecular formula is C8H7F2NO. The molecule has 1 aromatic carbocycles. The Bertz CT molecular complexity index is 299. The minimum Gasteiger partial charge on any atom is -0.399 e. The third kappa shape index (κ3) is 1.78. The maximum absolute atomic E-state index is 12.8. The smallest absolute Gasteiger partial charge is 0.167 e. The molecule has 2 nitrogen and oxygen atoms in total. The van der Waals surface area contributed by atoms with E-state index >= 15 is 0 Å². The van der Waals surface area contributed by atoms with Crippen LogP contribution in [0.25, 0.3) is 0 Å². The summed E-state index contributed by atoms with van der Waals surface area (Å²) in [4.78, 5) is 4.32. The molecule has 0 bridgehead atoms. The molecule has 0 radical (unpaired) electrons. The van der Waals surface area contributed by atoms with E-state index in [4.69, 9.17) is 0 Å². The average molecular weight is 171 g/mol. The quantitative estimate of drug-likeness (QED) is 0.492. The second-order valence-electron chi connectivity index (χ2n) is 2.06. The highest BCUT2D eigenvalue weighted by molar-refractivity contribution is 5.79. The Morgan fingerprint density at radius 3 is 2.83 bits per heavy atom. The second-order valence-corrected chi connectivity index (χ2v) is 2.06. The zero-order chi connectivity index (χ0) is 8.97. The van der Waals surface area contributed by atoms with Crippen molar-refractivity contribution in [3.63, 3.8) is 0 Å². The van der Waals surface area contributed by atoms with Gasteiger partial charge in [-0.2, -0.15) is 0 Å². The number of hydrogen-bond acceptors (Lipinski definition) is 2. The van der Waals surface area contributed by atoms with Crippen LogP contribution in [0.2, 0.25) is 0 Å². The Balaban J connectivity index is 3.00. The Morgan fingerprint density at radius 1 is 1.42 bits per heavy atom. The lowest BCUT2D eigenvalue weighted by atomic mass is 10.2. The van der Waals surface area contributed by atoms with Crippen LogP contribution in [0.15, 0.2) is 23.4 Å². The van der Waals surface area contributed by atoms with Gasteiger partial charge in [0.25, 0.3) is 0 Å². The summed E-state index contributed by atoms with van der Waals surface area (Å²) in [6.07, 6.45) is 1.11. The van der Waals surface area contributed by atoms with E-state index < -0.39 is 11.6 Å². The van der Waals surface area contributed by atoms with E-state index in [0.29, 0.717) is 0 Å². The number of nitrogens with zero attached hydrogens (tertiary/aromatic N) is 1. The molecule has 0 saturated heterocycles. The number of rotatable bonds is 2. The molecule has 0 unspecified atom stereocenters. The van der Waals surface area contributed by atoms with Gasteiger partial charge >= 0.3 is 0 Å². The maximum Gasteiger partial charge on any atom is 0.167 e. The highest BCUT2D eigenvalue weighted by Gasteiger charge is 2.04. The van der Waals surface area contributed by atoms with Crippen LogP contribution in [0.1, 0.15) is 5.56 Å². The highest BCUT2D eigenvalue weighted by atomic mass is 19.2. The van der Waals surface area contributed by atoms with Crippen LogP contribution >= 0.6 is 0 Å². The first kappa shape index (κ1) is 8.64. The number of benzene rings is 1. The minimum atomic E-state index is -0.918. The predicted molar refractivity (Wildman–Crippen MR) is 41.0 cm³/mol. The summed E-state index contributed by atoms with van der Waals surface area (Å²) in [5.74, 6) is -1.81. The average Bonchev–Trinajstić information content (AvgIpc) is 2.08. The lowest BCUT2D eigenvalue weighted by Crippen LogP contribution is -1.92. The van der Waals surface area contributed by atoms with Crippen molar-refractivity contribution < 1.29 is 13.6 Å². The van der Waals surface area contributed by atoms with E-state index in [-0.39, 0.29) is 5.56 Å². The fraction of sp³-hybridized carbons (Fsp3) is 0.125. The summed E-state index contributed by atoms with van der Waals surface area (Å²) in [6, 6.07) is 3.84. The number of oxime groups is 1. The largest absolute Gasteiger partial charge is 0.399 e. The van der Waals surface area contributed by atoms with E-state index in [2.05, 4.69) is 9.99 Å². The van der Waals surface area contributed by atoms with Crippen molar-refractivity contribution in [2.75, 3.05) is 7.11 Å². The van der Waals surface area contributed by atoms with E-state index in [0.717, 1.165) is 12.3 Å². The molecule has 0 aliphatic carbocycles. The van der Waals surface area contributed by atoms with Crippen LogP contribution in [0.3, 0.4) is 0 Å². The number of hydrogen-bond donors (Lipinski definition) is 0. The molecule has 64 valence electrons. The molecule has 12 heavy (non-hydrogen) atoms. The van der Waals surface area contributed by atoms with Crippen molar-refractivity contribution in [1.82, 2.24) is 0 Å². The molecular weight excluding hydrogens is 164 g/mol. The lowest BCUT2D eigenvalue weighted by Gasteiger charge is -1.95. The van der Waals surface area contributed by atoms with Gasteiger partial charge < -0.3 is 4.84 Å². The molecule has 0 N–H and O–H groups in total. The molecule has 0 fully saturated rings. The van der Waals surface area contributed by atoms with Gasteiger partial charge in [0.15, 0.2) is 11.6 Å². The zero-order valence-corrected chi connectivity index (χ0v) is 6.42. The Kier molecular flexibility index (Phi) is 2.74. The minimum absolute atomic E-state index is 0.0665. The summed E-state index contributed by atoms with van der Waals surface area (Å²) in [5.41, 5.74) is 0.0665. The Morgan fingerprint density at radius 2 is 2.17 bits per heavy atom. The first-order chi connectivity index (χ1) is 5.75. The molecule has 0 spiro atoms. The van der Waals surface area contributed by atoms with Crippen molar-refractivity contribution in [2.45, 2.75) is 0 Å². The van der Waals surface area contributed by atoms with Crippen LogP contribution < -0.4 is 0 Å². The first-order valence-corrected chi connectivity index (χ1v) is 3.26. The van der Waals surface area contributed by atoms with Crippen LogP contribution in [0, 0.1) is 11.6 Å². The van der Waals surface area contributed by atoms with Gasteiger partial charge in [-0.1, -0.05) is 17.3 Å². The summed E-state index contributed by atoms with van der Waals surface area (Å²) < 4.78 is 25.3. The summed E-state index contributed by atoms with van der Waals surface area (Å²) >= 11 is 0.